The highest BCUT2D eigenvalue weighted by Crippen LogP contribution is 2.07. The van der Waals surface area contributed by atoms with Gasteiger partial charge >= 0.3 is 0 Å². The molecule has 3 nitrogen and oxygen atoms in total. The van der Waals surface area contributed by atoms with Gasteiger partial charge in [-0.1, -0.05) is 25.1 Å². The number of hydrogen-bond donors (Lipinski definition) is 1. The number of anilines is 1. The number of nitrogens with zero attached hydrogens (tertiary/aromatic N) is 1. The van der Waals surface area contributed by atoms with Crippen molar-refractivity contribution in [3.05, 3.63) is 30.3 Å². The molecule has 0 unspecified atom stereocenters. The van der Waals surface area contributed by atoms with Crippen molar-refractivity contribution in [1.82, 2.24) is 5.43 Å². The van der Waals surface area contributed by atoms with Gasteiger partial charge in [0.15, 0.2) is 0 Å². The van der Waals surface area contributed by atoms with E-state index in [-0.39, 0.29) is 0 Å². The molecule has 0 aliphatic heterocycles. The van der Waals surface area contributed by atoms with Crippen LogP contribution in [-0.4, -0.2) is 13.0 Å². The SMILES string of the molecule is CCNN(C=O)c1ccccc1. The molecular formula is C9H12N2O. The summed E-state index contributed by atoms with van der Waals surface area (Å²) in [5.41, 5.74) is 3.77. The highest BCUT2D eigenvalue weighted by molar-refractivity contribution is 5.73. The first-order chi connectivity index (χ1) is 5.88. The second-order valence-electron chi connectivity index (χ2n) is 2.32. The number of carbonyl (C=O) groups excluding carboxylic acids is 1. The Balaban J connectivity index is 2.73. The van der Waals surface area contributed by atoms with Gasteiger partial charge in [-0.3, -0.25) is 4.79 Å². The summed E-state index contributed by atoms with van der Waals surface area (Å²) in [5, 5.41) is 1.46. The molecule has 0 aromatic heterocycles. The number of hydrazine groups is 1. The van der Waals surface area contributed by atoms with Gasteiger partial charge in [0.05, 0.1) is 5.69 Å². The average molecular weight is 164 g/mol. The van der Waals surface area contributed by atoms with E-state index in [9.17, 15) is 4.79 Å². The van der Waals surface area contributed by atoms with Gasteiger partial charge in [-0.25, -0.2) is 10.4 Å². The summed E-state index contributed by atoms with van der Waals surface area (Å²) in [6, 6.07) is 9.44. The Hall–Kier alpha value is -1.35. The Labute approximate surface area is 72.0 Å². The average Bonchev–Trinajstić information content (AvgIpc) is 2.15. The second-order valence-corrected chi connectivity index (χ2v) is 2.32. The second kappa shape index (κ2) is 4.51. The zero-order valence-corrected chi connectivity index (χ0v) is 7.03. The van der Waals surface area contributed by atoms with Crippen LogP contribution in [0, 0.1) is 0 Å². The highest BCUT2D eigenvalue weighted by atomic mass is 16.1. The van der Waals surface area contributed by atoms with Gasteiger partial charge in [-0.05, 0) is 12.1 Å². The summed E-state index contributed by atoms with van der Waals surface area (Å²) in [5.74, 6) is 0. The topological polar surface area (TPSA) is 32.3 Å². The molecule has 0 fully saturated rings. The number of para-hydroxylation sites is 1. The van der Waals surface area contributed by atoms with Gasteiger partial charge in [-0.15, -0.1) is 0 Å². The number of rotatable bonds is 4. The summed E-state index contributed by atoms with van der Waals surface area (Å²) in [6.07, 6.45) is 0.763. The maximum Gasteiger partial charge on any atom is 0.228 e. The first-order valence-electron chi connectivity index (χ1n) is 3.91. The van der Waals surface area contributed by atoms with Crippen LogP contribution < -0.4 is 10.4 Å². The lowest BCUT2D eigenvalue weighted by molar-refractivity contribution is -0.108. The minimum Gasteiger partial charge on any atom is -0.277 e. The molecule has 0 aliphatic rings. The molecule has 0 bridgehead atoms. The van der Waals surface area contributed by atoms with Crippen LogP contribution in [0.15, 0.2) is 30.3 Å². The van der Waals surface area contributed by atoms with E-state index in [1.807, 2.05) is 37.3 Å². The summed E-state index contributed by atoms with van der Waals surface area (Å²) >= 11 is 0. The van der Waals surface area contributed by atoms with Crippen LogP contribution in [0.25, 0.3) is 0 Å². The molecule has 0 atom stereocenters. The normalized spacial score (nSPS) is 9.42. The Morgan fingerprint density at radius 2 is 2.08 bits per heavy atom. The molecule has 0 saturated carbocycles. The lowest BCUT2D eigenvalue weighted by Gasteiger charge is -2.16. The van der Waals surface area contributed by atoms with E-state index in [2.05, 4.69) is 5.43 Å². The Bertz CT molecular complexity index is 236. The fourth-order valence-corrected chi connectivity index (χ4v) is 0.948. The van der Waals surface area contributed by atoms with E-state index in [0.29, 0.717) is 0 Å². The van der Waals surface area contributed by atoms with E-state index < -0.39 is 0 Å². The zero-order valence-electron chi connectivity index (χ0n) is 7.03. The maximum absolute atomic E-state index is 10.6. The molecule has 1 rings (SSSR count). The fourth-order valence-electron chi connectivity index (χ4n) is 0.948. The van der Waals surface area contributed by atoms with Crippen LogP contribution in [0.3, 0.4) is 0 Å². The van der Waals surface area contributed by atoms with Gasteiger partial charge < -0.3 is 0 Å². The number of benzene rings is 1. The number of hydrogen-bond acceptors (Lipinski definition) is 2. The zero-order chi connectivity index (χ0) is 8.81. The van der Waals surface area contributed by atoms with Crippen molar-refractivity contribution in [2.24, 2.45) is 0 Å². The van der Waals surface area contributed by atoms with E-state index in [0.717, 1.165) is 18.6 Å². The third-order valence-electron chi connectivity index (χ3n) is 1.47. The van der Waals surface area contributed by atoms with Gasteiger partial charge in [0.1, 0.15) is 0 Å². The Morgan fingerprint density at radius 3 is 2.58 bits per heavy atom. The van der Waals surface area contributed by atoms with Crippen molar-refractivity contribution < 1.29 is 4.79 Å². The maximum atomic E-state index is 10.6. The molecule has 0 saturated heterocycles. The van der Waals surface area contributed by atoms with Gasteiger partial charge in [0.2, 0.25) is 6.41 Å². The quantitative estimate of drug-likeness (QED) is 0.535. The summed E-state index contributed by atoms with van der Waals surface area (Å²) in [7, 11) is 0. The monoisotopic (exact) mass is 164 g/mol. The molecule has 64 valence electrons. The smallest absolute Gasteiger partial charge is 0.228 e. The molecule has 1 amide bonds. The van der Waals surface area contributed by atoms with Crippen LogP contribution in [0.5, 0.6) is 0 Å². The van der Waals surface area contributed by atoms with Crippen LogP contribution >= 0.6 is 0 Å². The van der Waals surface area contributed by atoms with E-state index in [1.54, 1.807) is 0 Å². The Morgan fingerprint density at radius 1 is 1.42 bits per heavy atom. The number of amides is 1. The van der Waals surface area contributed by atoms with Gasteiger partial charge in [0.25, 0.3) is 0 Å². The first kappa shape index (κ1) is 8.74. The largest absolute Gasteiger partial charge is 0.277 e. The molecule has 0 radical (unpaired) electrons. The lowest BCUT2D eigenvalue weighted by atomic mass is 10.3. The van der Waals surface area contributed by atoms with Crippen molar-refractivity contribution in [1.29, 1.82) is 0 Å². The van der Waals surface area contributed by atoms with Crippen LogP contribution in [0.1, 0.15) is 6.92 Å². The summed E-state index contributed by atoms with van der Waals surface area (Å²) in [6.45, 7) is 2.67. The third-order valence-corrected chi connectivity index (χ3v) is 1.47. The highest BCUT2D eigenvalue weighted by Gasteiger charge is 1.99. The van der Waals surface area contributed by atoms with E-state index >= 15 is 0 Å². The third kappa shape index (κ3) is 2.07. The van der Waals surface area contributed by atoms with Crippen molar-refractivity contribution in [3.8, 4) is 0 Å². The molecule has 0 heterocycles. The predicted octanol–water partition coefficient (Wildman–Crippen LogP) is 1.17. The van der Waals surface area contributed by atoms with Crippen LogP contribution in [0.2, 0.25) is 0 Å². The van der Waals surface area contributed by atoms with Crippen molar-refractivity contribution in [2.45, 2.75) is 6.92 Å². The lowest BCUT2D eigenvalue weighted by Crippen LogP contribution is -2.36. The van der Waals surface area contributed by atoms with Gasteiger partial charge in [-0.2, -0.15) is 0 Å². The first-order valence-corrected chi connectivity index (χ1v) is 3.91. The predicted molar refractivity (Wildman–Crippen MR) is 48.7 cm³/mol. The molecule has 0 spiro atoms. The van der Waals surface area contributed by atoms with Crippen molar-refractivity contribution >= 4 is 12.1 Å². The number of carbonyl (C=O) groups is 1. The minimum absolute atomic E-state index is 0.730. The van der Waals surface area contributed by atoms with E-state index in [1.165, 1.54) is 5.01 Å². The summed E-state index contributed by atoms with van der Waals surface area (Å²) in [4.78, 5) is 10.6. The fraction of sp³-hybridized carbons (Fsp3) is 0.222. The van der Waals surface area contributed by atoms with E-state index in [4.69, 9.17) is 0 Å². The van der Waals surface area contributed by atoms with Crippen molar-refractivity contribution in [3.63, 3.8) is 0 Å². The van der Waals surface area contributed by atoms with Crippen LogP contribution in [0.4, 0.5) is 5.69 Å². The number of nitrogens with one attached hydrogen (secondary N) is 1. The minimum atomic E-state index is 0.730. The molecule has 1 N–H and O–H groups in total. The molecule has 0 aliphatic carbocycles. The van der Waals surface area contributed by atoms with Crippen LogP contribution in [-0.2, 0) is 4.79 Å². The summed E-state index contributed by atoms with van der Waals surface area (Å²) < 4.78 is 0. The molecule has 3 heteroatoms. The van der Waals surface area contributed by atoms with Crippen molar-refractivity contribution in [2.75, 3.05) is 11.6 Å². The molecule has 12 heavy (non-hydrogen) atoms. The Kier molecular flexibility index (Phi) is 3.29. The van der Waals surface area contributed by atoms with Gasteiger partial charge in [0, 0.05) is 6.54 Å². The molecule has 1 aromatic rings. The molecular weight excluding hydrogens is 152 g/mol. The molecule has 1 aromatic carbocycles. The standard InChI is InChI=1S/C9H12N2O/c1-2-10-11(8-12)9-6-4-3-5-7-9/h3-8,10H,2H2,1H3.